The van der Waals surface area contributed by atoms with Gasteiger partial charge in [-0.3, -0.25) is 4.79 Å². The molecule has 0 aromatic rings. The first-order valence-electron chi connectivity index (χ1n) is 10.1. The van der Waals surface area contributed by atoms with Gasteiger partial charge in [-0.15, -0.1) is 0 Å². The lowest BCUT2D eigenvalue weighted by molar-refractivity contribution is -0.202. The molecular weight excluding hydrogens is 332 g/mol. The predicted molar refractivity (Wildman–Crippen MR) is 97.4 cm³/mol. The second-order valence-corrected chi connectivity index (χ2v) is 9.23. The minimum absolute atomic E-state index is 0.00367. The highest BCUT2D eigenvalue weighted by Crippen LogP contribution is 2.67. The SMILES string of the molecule is CO[C@@H]1CC[C@@]23CC[C@@H](C)[C@@](C)([C@H](OC(=O)CO)C[C@H](C)C(=O)[C@@H]2C)[C@@H]13. The van der Waals surface area contributed by atoms with Gasteiger partial charge in [0.1, 0.15) is 18.5 Å². The van der Waals surface area contributed by atoms with Crippen LogP contribution in [0.3, 0.4) is 0 Å². The van der Waals surface area contributed by atoms with Crippen molar-refractivity contribution in [2.75, 3.05) is 13.7 Å². The molecule has 0 heterocycles. The molecule has 0 aromatic carbocycles. The lowest BCUT2D eigenvalue weighted by Gasteiger charge is -2.60. The zero-order valence-corrected chi connectivity index (χ0v) is 16.8. The van der Waals surface area contributed by atoms with Crippen molar-refractivity contribution in [3.63, 3.8) is 0 Å². The van der Waals surface area contributed by atoms with Crippen LogP contribution >= 0.6 is 0 Å². The molecular formula is C21H34O5. The van der Waals surface area contributed by atoms with Crippen LogP contribution in [0.15, 0.2) is 0 Å². The van der Waals surface area contributed by atoms with E-state index >= 15 is 0 Å². The zero-order chi connectivity index (χ0) is 19.3. The number of aliphatic hydroxyl groups excluding tert-OH is 1. The molecule has 5 nitrogen and oxygen atoms in total. The van der Waals surface area contributed by atoms with Crippen LogP contribution in [0.5, 0.6) is 0 Å². The fourth-order valence-corrected chi connectivity index (χ4v) is 6.75. The Labute approximate surface area is 156 Å². The van der Waals surface area contributed by atoms with Gasteiger partial charge in [0.05, 0.1) is 6.10 Å². The maximum atomic E-state index is 13.2. The van der Waals surface area contributed by atoms with Gasteiger partial charge in [-0.25, -0.2) is 4.79 Å². The van der Waals surface area contributed by atoms with Crippen LogP contribution in [0.4, 0.5) is 0 Å². The molecule has 5 heteroatoms. The van der Waals surface area contributed by atoms with Gasteiger partial charge in [0.15, 0.2) is 0 Å². The molecule has 0 unspecified atom stereocenters. The van der Waals surface area contributed by atoms with Crippen LogP contribution in [0, 0.1) is 34.5 Å². The summed E-state index contributed by atoms with van der Waals surface area (Å²) in [7, 11) is 1.76. The number of hydrogen-bond donors (Lipinski definition) is 1. The van der Waals surface area contributed by atoms with Gasteiger partial charge in [-0.1, -0.05) is 27.7 Å². The number of carbonyl (C=O) groups excluding carboxylic acids is 2. The quantitative estimate of drug-likeness (QED) is 0.778. The third-order valence-electron chi connectivity index (χ3n) is 8.40. The highest BCUT2D eigenvalue weighted by atomic mass is 16.6. The highest BCUT2D eigenvalue weighted by molar-refractivity contribution is 5.84. The van der Waals surface area contributed by atoms with Gasteiger partial charge >= 0.3 is 5.97 Å². The monoisotopic (exact) mass is 366 g/mol. The number of rotatable bonds is 3. The molecule has 0 amide bonds. The van der Waals surface area contributed by atoms with E-state index in [1.165, 1.54) is 0 Å². The second kappa shape index (κ2) is 6.90. The summed E-state index contributed by atoms with van der Waals surface area (Å²) in [6.07, 6.45) is 4.26. The Morgan fingerprint density at radius 2 is 1.88 bits per heavy atom. The number of carbonyl (C=O) groups is 2. The first-order valence-corrected chi connectivity index (χ1v) is 10.1. The number of ether oxygens (including phenoxy) is 2. The zero-order valence-electron chi connectivity index (χ0n) is 16.8. The van der Waals surface area contributed by atoms with E-state index in [1.807, 2.05) is 6.92 Å². The largest absolute Gasteiger partial charge is 0.460 e. The van der Waals surface area contributed by atoms with Crippen LogP contribution in [-0.2, 0) is 19.1 Å². The summed E-state index contributed by atoms with van der Waals surface area (Å²) in [5.74, 6) is 0.0925. The van der Waals surface area contributed by atoms with Crippen molar-refractivity contribution in [3.8, 4) is 0 Å². The maximum Gasteiger partial charge on any atom is 0.332 e. The van der Waals surface area contributed by atoms with Crippen LogP contribution < -0.4 is 0 Å². The third kappa shape index (κ3) is 2.65. The van der Waals surface area contributed by atoms with Crippen molar-refractivity contribution in [2.45, 2.75) is 72.0 Å². The minimum atomic E-state index is -0.622. The summed E-state index contributed by atoms with van der Waals surface area (Å²) in [6, 6.07) is 0. The number of methoxy groups -OCH3 is 1. The van der Waals surface area contributed by atoms with Crippen LogP contribution in [0.2, 0.25) is 0 Å². The van der Waals surface area contributed by atoms with Crippen molar-refractivity contribution >= 4 is 11.8 Å². The Morgan fingerprint density at radius 3 is 2.50 bits per heavy atom. The van der Waals surface area contributed by atoms with E-state index < -0.39 is 12.6 Å². The van der Waals surface area contributed by atoms with Crippen molar-refractivity contribution in [1.82, 2.24) is 0 Å². The van der Waals surface area contributed by atoms with E-state index in [1.54, 1.807) is 7.11 Å². The molecule has 0 radical (unpaired) electrons. The van der Waals surface area contributed by atoms with Gasteiger partial charge < -0.3 is 14.6 Å². The molecule has 3 rings (SSSR count). The van der Waals surface area contributed by atoms with E-state index in [2.05, 4.69) is 20.8 Å². The standard InChI is InChI=1S/C21H34O5/c1-12-10-16(26-17(23)11-22)20(4)13(2)6-8-21(14(3)18(12)24)9-7-15(25-5)19(20)21/h12-16,19,22H,6-11H2,1-5H3/t12-,13+,14-,15+,16+,19+,20-,21-/m0/s1. The molecule has 0 saturated heterocycles. The Kier molecular flexibility index (Phi) is 5.26. The molecule has 0 aliphatic heterocycles. The van der Waals surface area contributed by atoms with Crippen molar-refractivity contribution in [3.05, 3.63) is 0 Å². The van der Waals surface area contributed by atoms with Crippen LogP contribution in [-0.4, -0.2) is 42.8 Å². The molecule has 26 heavy (non-hydrogen) atoms. The first-order chi connectivity index (χ1) is 12.2. The third-order valence-corrected chi connectivity index (χ3v) is 8.40. The van der Waals surface area contributed by atoms with Crippen molar-refractivity contribution in [2.24, 2.45) is 34.5 Å². The predicted octanol–water partition coefficient (Wildman–Crippen LogP) is 2.98. The fourth-order valence-electron chi connectivity index (χ4n) is 6.75. The van der Waals surface area contributed by atoms with Crippen LogP contribution in [0.1, 0.15) is 59.8 Å². The summed E-state index contributed by atoms with van der Waals surface area (Å²) in [5.41, 5.74) is -0.332. The molecule has 8 atom stereocenters. The Balaban J connectivity index is 2.14. The number of Topliss-reactive ketones (excluding diaryl/α,β-unsaturated/α-hetero) is 1. The summed E-state index contributed by atoms with van der Waals surface area (Å²) >= 11 is 0. The molecule has 3 saturated carbocycles. The molecule has 3 aliphatic rings. The summed E-state index contributed by atoms with van der Waals surface area (Å²) < 4.78 is 11.7. The lowest BCUT2D eigenvalue weighted by Crippen LogP contribution is -2.61. The van der Waals surface area contributed by atoms with Gasteiger partial charge in [-0.2, -0.15) is 0 Å². The van der Waals surface area contributed by atoms with E-state index in [0.29, 0.717) is 12.3 Å². The number of hydrogen-bond acceptors (Lipinski definition) is 5. The van der Waals surface area contributed by atoms with Gasteiger partial charge in [0.2, 0.25) is 0 Å². The molecule has 148 valence electrons. The van der Waals surface area contributed by atoms with Crippen molar-refractivity contribution in [1.29, 1.82) is 0 Å². The average Bonchev–Trinajstić information content (AvgIpc) is 3.02. The number of aliphatic hydroxyl groups is 1. The smallest absolute Gasteiger partial charge is 0.332 e. The molecule has 3 aliphatic carbocycles. The van der Waals surface area contributed by atoms with Gasteiger partial charge in [0.25, 0.3) is 0 Å². The first kappa shape index (κ1) is 19.8. The Morgan fingerprint density at radius 1 is 1.23 bits per heavy atom. The van der Waals surface area contributed by atoms with Crippen molar-refractivity contribution < 1.29 is 24.2 Å². The minimum Gasteiger partial charge on any atom is -0.460 e. The molecule has 1 N–H and O–H groups in total. The van der Waals surface area contributed by atoms with E-state index in [9.17, 15) is 14.7 Å². The van der Waals surface area contributed by atoms with E-state index in [0.717, 1.165) is 25.7 Å². The highest BCUT2D eigenvalue weighted by Gasteiger charge is 2.67. The van der Waals surface area contributed by atoms with Gasteiger partial charge in [0, 0.05) is 30.3 Å². The Bertz CT molecular complexity index is 575. The van der Waals surface area contributed by atoms with E-state index in [-0.39, 0.29) is 46.6 Å². The summed E-state index contributed by atoms with van der Waals surface area (Å²) in [5, 5.41) is 9.24. The van der Waals surface area contributed by atoms with Crippen LogP contribution in [0.25, 0.3) is 0 Å². The number of esters is 1. The summed E-state index contributed by atoms with van der Waals surface area (Å²) in [4.78, 5) is 25.2. The molecule has 2 bridgehead atoms. The second-order valence-electron chi connectivity index (χ2n) is 9.23. The normalized spacial score (nSPS) is 48.5. The van der Waals surface area contributed by atoms with Gasteiger partial charge in [-0.05, 0) is 43.4 Å². The average molecular weight is 366 g/mol. The lowest BCUT2D eigenvalue weighted by atomic mass is 9.45. The van der Waals surface area contributed by atoms with E-state index in [4.69, 9.17) is 9.47 Å². The topological polar surface area (TPSA) is 72.8 Å². The number of ketones is 1. The molecule has 0 spiro atoms. The maximum absolute atomic E-state index is 13.2. The fraction of sp³-hybridized carbons (Fsp3) is 0.905. The Hall–Kier alpha value is -0.940. The molecule has 3 fully saturated rings. The summed E-state index contributed by atoms with van der Waals surface area (Å²) in [6.45, 7) is 7.93. The molecule has 0 aromatic heterocycles.